The monoisotopic (exact) mass is 435 g/mol. The van der Waals surface area contributed by atoms with Gasteiger partial charge in [-0.2, -0.15) is 0 Å². The quantitative estimate of drug-likeness (QED) is 0.133. The van der Waals surface area contributed by atoms with E-state index in [2.05, 4.69) is 19.2 Å². The van der Waals surface area contributed by atoms with Crippen molar-refractivity contribution in [3.63, 3.8) is 0 Å². The van der Waals surface area contributed by atoms with E-state index in [1.165, 1.54) is 0 Å². The third-order valence-corrected chi connectivity index (χ3v) is 4.45. The van der Waals surface area contributed by atoms with Crippen LogP contribution in [0, 0.1) is 0 Å². The molecule has 0 rings (SSSR count). The minimum absolute atomic E-state index is 0. The number of rotatable bonds is 16. The molecule has 1 amide bonds. The molecule has 0 aromatic rings. The molecule has 0 aromatic heterocycles. The number of carbonyl (C=O) groups excluding carboxylic acids is 1. The van der Waals surface area contributed by atoms with E-state index in [1.54, 1.807) is 6.92 Å². The van der Waals surface area contributed by atoms with E-state index in [0.717, 1.165) is 38.5 Å². The Hall–Kier alpha value is 0.0600. The summed E-state index contributed by atoms with van der Waals surface area (Å²) in [6.07, 6.45) is 3.52. The van der Waals surface area contributed by atoms with Crippen LogP contribution in [0.1, 0.15) is 59.3 Å². The maximum Gasteiger partial charge on any atom is 1.00 e. The molecule has 0 saturated carbocycles. The number of unbranched alkanes of at least 4 members (excludes halogenated alkanes) is 4. The largest absolute Gasteiger partial charge is 1.00 e. The van der Waals surface area contributed by atoms with Crippen molar-refractivity contribution in [2.75, 3.05) is 32.1 Å². The standard InChI is InChI=1S/C17H35NO8S.Na/c1-4-6-8-10-25-17(3,26-11-9-7-5-2)14-24-16(20)18-12-15(19)13-27(21,22)23;/h15,19H,4-14H2,1-3H3,(H,18,20)(H,21,22,23);/q;+1/p-1. The van der Waals surface area contributed by atoms with Crippen molar-refractivity contribution in [1.29, 1.82) is 0 Å². The van der Waals surface area contributed by atoms with Crippen LogP contribution in [-0.2, 0) is 24.3 Å². The number of alkyl carbamates (subject to hydrolysis) is 1. The molecule has 1 unspecified atom stereocenters. The first-order valence-electron chi connectivity index (χ1n) is 9.42. The van der Waals surface area contributed by atoms with E-state index in [0.29, 0.717) is 13.2 Å². The normalized spacial score (nSPS) is 12.9. The molecule has 0 aliphatic rings. The van der Waals surface area contributed by atoms with Crippen LogP contribution in [0.5, 0.6) is 0 Å². The van der Waals surface area contributed by atoms with E-state index in [-0.39, 0.29) is 36.2 Å². The van der Waals surface area contributed by atoms with Crippen LogP contribution in [0.3, 0.4) is 0 Å². The average Bonchev–Trinajstić information content (AvgIpc) is 2.58. The van der Waals surface area contributed by atoms with E-state index in [4.69, 9.17) is 14.2 Å². The van der Waals surface area contributed by atoms with Gasteiger partial charge < -0.3 is 29.2 Å². The molecule has 162 valence electrons. The summed E-state index contributed by atoms with van der Waals surface area (Å²) in [4.78, 5) is 11.7. The summed E-state index contributed by atoms with van der Waals surface area (Å²) in [5, 5.41) is 11.6. The van der Waals surface area contributed by atoms with Crippen molar-refractivity contribution >= 4 is 16.2 Å². The molecule has 1 atom stereocenters. The second-order valence-corrected chi connectivity index (χ2v) is 8.03. The second kappa shape index (κ2) is 16.8. The average molecular weight is 436 g/mol. The first-order valence-corrected chi connectivity index (χ1v) is 11.0. The number of aliphatic hydroxyl groups excluding tert-OH is 1. The Morgan fingerprint density at radius 1 is 1.11 bits per heavy atom. The van der Waals surface area contributed by atoms with Crippen LogP contribution in [0.25, 0.3) is 0 Å². The predicted octanol–water partition coefficient (Wildman–Crippen LogP) is -1.25. The SMILES string of the molecule is CCCCCOC(C)(COC(=O)NCC(O)CS(=O)(=O)[O-])OCCCCC.[Na+]. The molecule has 0 aliphatic carbocycles. The summed E-state index contributed by atoms with van der Waals surface area (Å²) in [6.45, 7) is 6.24. The van der Waals surface area contributed by atoms with Gasteiger partial charge in [0.25, 0.3) is 0 Å². The molecule has 0 aromatic carbocycles. The van der Waals surface area contributed by atoms with Crippen molar-refractivity contribution in [3.05, 3.63) is 0 Å². The Bertz CT molecular complexity index is 491. The molecule has 0 aliphatic heterocycles. The third-order valence-electron chi connectivity index (χ3n) is 3.65. The molecule has 0 fully saturated rings. The van der Waals surface area contributed by atoms with Crippen LogP contribution >= 0.6 is 0 Å². The number of ether oxygens (including phenoxy) is 3. The van der Waals surface area contributed by atoms with Crippen molar-refractivity contribution in [2.24, 2.45) is 0 Å². The number of hydrogen-bond donors (Lipinski definition) is 2. The minimum Gasteiger partial charge on any atom is -0.748 e. The first-order chi connectivity index (χ1) is 12.6. The van der Waals surface area contributed by atoms with Crippen LogP contribution in [0.4, 0.5) is 4.79 Å². The summed E-state index contributed by atoms with van der Waals surface area (Å²) in [6, 6.07) is 0. The molecule has 0 saturated heterocycles. The Balaban J connectivity index is 0. The number of amides is 1. The third kappa shape index (κ3) is 18.1. The number of hydrogen-bond acceptors (Lipinski definition) is 8. The number of nitrogens with one attached hydrogen (secondary N) is 1. The molecule has 11 heteroatoms. The maximum absolute atomic E-state index is 11.7. The zero-order chi connectivity index (χ0) is 20.8. The molecular weight excluding hydrogens is 401 g/mol. The van der Waals surface area contributed by atoms with Gasteiger partial charge in [-0.1, -0.05) is 39.5 Å². The van der Waals surface area contributed by atoms with Gasteiger partial charge in [0, 0.05) is 6.54 Å². The Morgan fingerprint density at radius 2 is 1.61 bits per heavy atom. The van der Waals surface area contributed by atoms with Gasteiger partial charge in [0.15, 0.2) is 5.79 Å². The summed E-state index contributed by atoms with van der Waals surface area (Å²) >= 11 is 0. The zero-order valence-corrected chi connectivity index (χ0v) is 20.4. The van der Waals surface area contributed by atoms with Crippen LogP contribution in [0.15, 0.2) is 0 Å². The van der Waals surface area contributed by atoms with E-state index in [9.17, 15) is 22.9 Å². The molecule has 2 N–H and O–H groups in total. The van der Waals surface area contributed by atoms with E-state index in [1.807, 2.05) is 0 Å². The zero-order valence-electron chi connectivity index (χ0n) is 17.6. The number of carbonyl (C=O) groups is 1. The molecule has 28 heavy (non-hydrogen) atoms. The number of aliphatic hydroxyl groups is 1. The molecule has 0 radical (unpaired) electrons. The van der Waals surface area contributed by atoms with Crippen molar-refractivity contribution in [1.82, 2.24) is 5.32 Å². The second-order valence-electron chi connectivity index (χ2n) is 6.58. The van der Waals surface area contributed by atoms with Gasteiger partial charge in [0.1, 0.15) is 6.61 Å². The van der Waals surface area contributed by atoms with Crippen LogP contribution in [0.2, 0.25) is 0 Å². The van der Waals surface area contributed by atoms with E-state index < -0.39 is 40.4 Å². The topological polar surface area (TPSA) is 134 Å². The Morgan fingerprint density at radius 3 is 2.04 bits per heavy atom. The predicted molar refractivity (Wildman–Crippen MR) is 99.3 cm³/mol. The molecule has 9 nitrogen and oxygen atoms in total. The molecule has 0 spiro atoms. The fourth-order valence-electron chi connectivity index (χ4n) is 2.15. The van der Waals surface area contributed by atoms with Gasteiger partial charge in [-0.05, 0) is 19.8 Å². The maximum atomic E-state index is 11.7. The van der Waals surface area contributed by atoms with Gasteiger partial charge in [0.05, 0.1) is 35.2 Å². The van der Waals surface area contributed by atoms with Crippen molar-refractivity contribution in [2.45, 2.75) is 71.2 Å². The van der Waals surface area contributed by atoms with Gasteiger partial charge >= 0.3 is 35.7 Å². The fraction of sp³-hybridized carbons (Fsp3) is 0.941. The van der Waals surface area contributed by atoms with Gasteiger partial charge in [-0.3, -0.25) is 0 Å². The van der Waals surface area contributed by atoms with Crippen LogP contribution < -0.4 is 34.9 Å². The molecule has 0 bridgehead atoms. The molecule has 0 heterocycles. The fourth-order valence-corrected chi connectivity index (χ4v) is 2.74. The Labute approximate surface area is 190 Å². The van der Waals surface area contributed by atoms with Gasteiger partial charge in [-0.25, -0.2) is 13.2 Å². The minimum atomic E-state index is -4.57. The summed E-state index contributed by atoms with van der Waals surface area (Å²) in [5.41, 5.74) is 0. The summed E-state index contributed by atoms with van der Waals surface area (Å²) in [7, 11) is -4.57. The first kappa shape index (κ1) is 30.3. The smallest absolute Gasteiger partial charge is 0.748 e. The van der Waals surface area contributed by atoms with Gasteiger partial charge in [0.2, 0.25) is 0 Å². The van der Waals surface area contributed by atoms with Crippen molar-refractivity contribution < 1.29 is 66.6 Å². The summed E-state index contributed by atoms with van der Waals surface area (Å²) < 4.78 is 48.2. The van der Waals surface area contributed by atoms with Gasteiger partial charge in [-0.15, -0.1) is 0 Å². The Kier molecular flexibility index (Phi) is 18.2. The molecular formula is C17H34NNaO8S. The van der Waals surface area contributed by atoms with E-state index >= 15 is 0 Å². The summed E-state index contributed by atoms with van der Waals surface area (Å²) in [5.74, 6) is -2.07. The van der Waals surface area contributed by atoms with Crippen LogP contribution in [-0.4, -0.2) is 68.2 Å². The van der Waals surface area contributed by atoms with Crippen molar-refractivity contribution in [3.8, 4) is 0 Å².